The molecule has 1 unspecified atom stereocenters. The number of benzene rings is 1. The van der Waals surface area contributed by atoms with Gasteiger partial charge in [0.05, 0.1) is 23.5 Å². The summed E-state index contributed by atoms with van der Waals surface area (Å²) in [5.74, 6) is 8.78. The van der Waals surface area contributed by atoms with Crippen molar-refractivity contribution >= 4 is 11.7 Å². The lowest BCUT2D eigenvalue weighted by molar-refractivity contribution is 0.287. The molecule has 2 aromatic rings. The molecule has 0 spiro atoms. The summed E-state index contributed by atoms with van der Waals surface area (Å²) in [4.78, 5) is 23.0. The molecular weight excluding hydrogens is 398 g/mol. The van der Waals surface area contributed by atoms with Crippen LogP contribution in [0.4, 0.5) is 0 Å². The molecule has 4 rings (SSSR count). The molecule has 1 N–H and O–H groups in total. The van der Waals surface area contributed by atoms with Gasteiger partial charge in [-0.2, -0.15) is 0 Å². The number of carbonyl (C=O) groups excluding carboxylic acids is 1. The first-order valence-corrected chi connectivity index (χ1v) is 11.1. The molecule has 1 fully saturated rings. The van der Waals surface area contributed by atoms with Crippen LogP contribution >= 0.6 is 0 Å². The molecule has 1 aromatic heterocycles. The van der Waals surface area contributed by atoms with Crippen LogP contribution in [0.2, 0.25) is 0 Å². The van der Waals surface area contributed by atoms with Gasteiger partial charge in [-0.25, -0.2) is 4.79 Å². The molecule has 32 heavy (non-hydrogen) atoms. The van der Waals surface area contributed by atoms with Gasteiger partial charge < -0.3 is 10.0 Å². The van der Waals surface area contributed by atoms with Gasteiger partial charge in [-0.05, 0) is 56.0 Å². The Morgan fingerprint density at radius 3 is 2.50 bits per heavy atom. The van der Waals surface area contributed by atoms with Crippen LogP contribution in [0.25, 0.3) is 0 Å². The highest BCUT2D eigenvalue weighted by molar-refractivity contribution is 6.17. The Morgan fingerprint density at radius 2 is 1.84 bits per heavy atom. The summed E-state index contributed by atoms with van der Waals surface area (Å²) in [7, 11) is 0. The van der Waals surface area contributed by atoms with Gasteiger partial charge in [-0.3, -0.25) is 9.98 Å². The second-order valence-electron chi connectivity index (χ2n) is 7.45. The maximum atomic E-state index is 12.0. The van der Waals surface area contributed by atoms with Gasteiger partial charge in [-0.1, -0.05) is 31.9 Å². The highest BCUT2D eigenvalue weighted by Crippen LogP contribution is 2.34. The van der Waals surface area contributed by atoms with E-state index in [2.05, 4.69) is 27.7 Å². The maximum absolute atomic E-state index is 12.0. The number of nitrogens with zero attached hydrogens (tertiary/aromatic N) is 3. The largest absolute Gasteiger partial charge is 0.508 e. The normalized spacial score (nSPS) is 17.6. The van der Waals surface area contributed by atoms with Crippen molar-refractivity contribution in [1.82, 2.24) is 9.88 Å². The average Bonchev–Trinajstić information content (AvgIpc) is 3.26. The Labute approximate surface area is 190 Å². The van der Waals surface area contributed by atoms with Crippen molar-refractivity contribution in [3.63, 3.8) is 0 Å². The standard InChI is InChI=1S/C25H23N3O2.C2H6/c1-2-4-22-23(16-27-25(22)19-10-12-26-13-11-19)28-14-3-5-20(24(28)17-29)15-18-6-8-21(30)9-7-18;1-2/h6-13,20,30H,3,5,14-16H2,1H3;1-2H3. The van der Waals surface area contributed by atoms with Crippen molar-refractivity contribution < 1.29 is 9.90 Å². The van der Waals surface area contributed by atoms with Crippen LogP contribution in [0.15, 0.2) is 70.8 Å². The zero-order valence-corrected chi connectivity index (χ0v) is 18.9. The van der Waals surface area contributed by atoms with Gasteiger partial charge in [0.25, 0.3) is 0 Å². The smallest absolute Gasteiger partial charge is 0.146 e. The van der Waals surface area contributed by atoms with Crippen molar-refractivity contribution in [2.75, 3.05) is 13.1 Å². The lowest BCUT2D eigenvalue weighted by Gasteiger charge is -2.36. The van der Waals surface area contributed by atoms with Crippen molar-refractivity contribution in [2.24, 2.45) is 10.9 Å². The first-order chi connectivity index (χ1) is 15.7. The molecule has 0 bridgehead atoms. The van der Waals surface area contributed by atoms with Crippen molar-refractivity contribution in [3.05, 3.63) is 76.9 Å². The van der Waals surface area contributed by atoms with Gasteiger partial charge >= 0.3 is 0 Å². The van der Waals surface area contributed by atoms with Gasteiger partial charge in [0.1, 0.15) is 17.4 Å². The Hall–Kier alpha value is -3.61. The number of pyridine rings is 1. The van der Waals surface area contributed by atoms with Gasteiger partial charge in [0, 0.05) is 30.4 Å². The van der Waals surface area contributed by atoms with Crippen molar-refractivity contribution in [2.45, 2.75) is 40.0 Å². The zero-order valence-electron chi connectivity index (χ0n) is 18.9. The number of likely N-dealkylation sites (tertiary alicyclic amines) is 1. The number of aromatic hydroxyl groups is 1. The number of hydrogen-bond acceptors (Lipinski definition) is 5. The molecule has 3 heterocycles. The van der Waals surface area contributed by atoms with Crippen LogP contribution in [0.3, 0.4) is 0 Å². The number of phenolic OH excluding ortho intramolecular Hbond substituents is 1. The van der Waals surface area contributed by atoms with E-state index in [9.17, 15) is 9.90 Å². The van der Waals surface area contributed by atoms with Gasteiger partial charge in [-0.15, -0.1) is 5.92 Å². The Balaban J connectivity index is 0.00000141. The minimum Gasteiger partial charge on any atom is -0.508 e. The third-order valence-corrected chi connectivity index (χ3v) is 5.58. The second kappa shape index (κ2) is 11.1. The summed E-state index contributed by atoms with van der Waals surface area (Å²) >= 11 is 0. The molecule has 0 amide bonds. The fraction of sp³-hybridized carbons (Fsp3) is 0.333. The maximum Gasteiger partial charge on any atom is 0.146 e. The number of hydrogen-bond donors (Lipinski definition) is 1. The molecule has 1 aromatic carbocycles. The number of aromatic nitrogens is 1. The van der Waals surface area contributed by atoms with E-state index in [0.717, 1.165) is 53.9 Å². The van der Waals surface area contributed by atoms with E-state index in [1.807, 2.05) is 45.0 Å². The Bertz CT molecular complexity index is 1100. The van der Waals surface area contributed by atoms with Crippen molar-refractivity contribution in [1.29, 1.82) is 0 Å². The molecule has 0 radical (unpaired) electrons. The summed E-state index contributed by atoms with van der Waals surface area (Å²) in [6.07, 6.45) is 6.15. The number of piperidine rings is 1. The predicted octanol–water partition coefficient (Wildman–Crippen LogP) is 4.56. The molecule has 1 saturated heterocycles. The SMILES string of the molecule is CC.CC#CC1=C(N2CCCC(Cc3ccc(O)cc3)C2=C=O)CN=C1c1ccncc1. The van der Waals surface area contributed by atoms with Crippen LogP contribution in [-0.2, 0) is 11.2 Å². The summed E-state index contributed by atoms with van der Waals surface area (Å²) in [5, 5.41) is 9.53. The predicted molar refractivity (Wildman–Crippen MR) is 128 cm³/mol. The first-order valence-electron chi connectivity index (χ1n) is 11.1. The molecular formula is C27H29N3O2. The van der Waals surface area contributed by atoms with E-state index in [-0.39, 0.29) is 11.7 Å². The van der Waals surface area contributed by atoms with Gasteiger partial charge in [0.2, 0.25) is 0 Å². The third kappa shape index (κ3) is 4.99. The van der Waals surface area contributed by atoms with Crippen LogP contribution in [0, 0.1) is 17.8 Å². The van der Waals surface area contributed by atoms with E-state index in [0.29, 0.717) is 12.2 Å². The third-order valence-electron chi connectivity index (χ3n) is 5.58. The van der Waals surface area contributed by atoms with Crippen LogP contribution in [-0.4, -0.2) is 39.7 Å². The summed E-state index contributed by atoms with van der Waals surface area (Å²) in [6.45, 7) is 7.08. The molecule has 5 nitrogen and oxygen atoms in total. The van der Waals surface area contributed by atoms with E-state index >= 15 is 0 Å². The monoisotopic (exact) mass is 427 g/mol. The highest BCUT2D eigenvalue weighted by Gasteiger charge is 2.32. The lowest BCUT2D eigenvalue weighted by Crippen LogP contribution is -2.35. The van der Waals surface area contributed by atoms with E-state index in [1.54, 1.807) is 24.5 Å². The minimum absolute atomic E-state index is 0.0779. The average molecular weight is 428 g/mol. The molecule has 1 atom stereocenters. The summed E-state index contributed by atoms with van der Waals surface area (Å²) in [6, 6.07) is 11.0. The molecule has 2 aliphatic rings. The molecule has 0 aliphatic carbocycles. The Morgan fingerprint density at radius 1 is 1.12 bits per heavy atom. The first kappa shape index (κ1) is 23.1. The molecule has 164 valence electrons. The lowest BCUT2D eigenvalue weighted by atomic mass is 9.87. The minimum atomic E-state index is 0.0779. The number of phenols is 1. The molecule has 2 aliphatic heterocycles. The van der Waals surface area contributed by atoms with E-state index in [1.165, 1.54) is 0 Å². The highest BCUT2D eigenvalue weighted by atomic mass is 16.3. The summed E-state index contributed by atoms with van der Waals surface area (Å²) in [5.41, 5.74) is 5.45. The summed E-state index contributed by atoms with van der Waals surface area (Å²) < 4.78 is 0. The number of rotatable bonds is 4. The van der Waals surface area contributed by atoms with Crippen molar-refractivity contribution in [3.8, 4) is 17.6 Å². The second-order valence-corrected chi connectivity index (χ2v) is 7.45. The van der Waals surface area contributed by atoms with Crippen LogP contribution < -0.4 is 0 Å². The molecule has 0 saturated carbocycles. The number of allylic oxidation sites excluding steroid dienone is 2. The fourth-order valence-corrected chi connectivity index (χ4v) is 4.18. The molecule has 5 heteroatoms. The number of aliphatic imine (C=N–C) groups is 1. The fourth-order valence-electron chi connectivity index (χ4n) is 4.18. The van der Waals surface area contributed by atoms with E-state index in [4.69, 9.17) is 4.99 Å². The van der Waals surface area contributed by atoms with E-state index < -0.39 is 0 Å². The van der Waals surface area contributed by atoms with Gasteiger partial charge in [0.15, 0.2) is 0 Å². The zero-order chi connectivity index (χ0) is 22.9. The van der Waals surface area contributed by atoms with Crippen LogP contribution in [0.5, 0.6) is 5.75 Å². The van der Waals surface area contributed by atoms with Crippen LogP contribution in [0.1, 0.15) is 44.7 Å². The Kier molecular flexibility index (Phi) is 8.02. The topological polar surface area (TPSA) is 65.8 Å². The quantitative estimate of drug-likeness (QED) is 0.574.